The van der Waals surface area contributed by atoms with Gasteiger partial charge in [0.05, 0.1) is 11.2 Å². The first-order valence-corrected chi connectivity index (χ1v) is 8.82. The fourth-order valence-corrected chi connectivity index (χ4v) is 3.93. The molecule has 2 fully saturated rings. The molecule has 1 aromatic rings. The Hall–Kier alpha value is -1.60. The van der Waals surface area contributed by atoms with Crippen LogP contribution in [0.4, 0.5) is 0 Å². The van der Waals surface area contributed by atoms with Crippen molar-refractivity contribution < 1.29 is 14.7 Å². The number of nitrogens with zero attached hydrogens (tertiary/aromatic N) is 4. The summed E-state index contributed by atoms with van der Waals surface area (Å²) in [5, 5.41) is 13.6. The van der Waals surface area contributed by atoms with Crippen LogP contribution in [0.5, 0.6) is 0 Å². The van der Waals surface area contributed by atoms with E-state index in [0.29, 0.717) is 43.4 Å². The van der Waals surface area contributed by atoms with Gasteiger partial charge in [0.25, 0.3) is 0 Å². The average molecular weight is 355 g/mol. The lowest BCUT2D eigenvalue weighted by atomic mass is 9.83. The van der Waals surface area contributed by atoms with Crippen LogP contribution in [0.2, 0.25) is 5.02 Å². The highest BCUT2D eigenvalue weighted by molar-refractivity contribution is 6.30. The van der Waals surface area contributed by atoms with E-state index < -0.39 is 0 Å². The number of fused-ring (bicyclic) bond motifs is 1. The zero-order valence-electron chi connectivity index (χ0n) is 13.6. The van der Waals surface area contributed by atoms with Crippen molar-refractivity contribution >= 4 is 23.4 Å². The molecule has 2 saturated heterocycles. The van der Waals surface area contributed by atoms with E-state index >= 15 is 0 Å². The number of piperidine rings is 2. The number of carbonyl (C=O) groups excluding carboxylic acids is 2. The van der Waals surface area contributed by atoms with Crippen molar-refractivity contribution in [3.8, 4) is 0 Å². The number of hydrogen-bond donors (Lipinski definition) is 1. The number of amides is 2. The zero-order chi connectivity index (χ0) is 17.1. The lowest BCUT2D eigenvalue weighted by molar-refractivity contribution is -0.144. The van der Waals surface area contributed by atoms with E-state index in [4.69, 9.17) is 16.7 Å². The molecule has 1 aromatic heterocycles. The van der Waals surface area contributed by atoms with Crippen molar-refractivity contribution in [2.45, 2.75) is 38.3 Å². The maximum Gasteiger partial charge on any atom is 0.244 e. The Morgan fingerprint density at radius 3 is 2.96 bits per heavy atom. The summed E-state index contributed by atoms with van der Waals surface area (Å²) in [6.07, 6.45) is 5.93. The first-order valence-electron chi connectivity index (χ1n) is 8.44. The number of aromatic nitrogens is 2. The predicted molar refractivity (Wildman–Crippen MR) is 88.4 cm³/mol. The Morgan fingerprint density at radius 1 is 1.42 bits per heavy atom. The van der Waals surface area contributed by atoms with Crippen molar-refractivity contribution in [3.63, 3.8) is 0 Å². The van der Waals surface area contributed by atoms with E-state index in [0.717, 1.165) is 12.8 Å². The summed E-state index contributed by atoms with van der Waals surface area (Å²) in [5.41, 5.74) is 0. The molecule has 0 unspecified atom stereocenters. The van der Waals surface area contributed by atoms with Crippen LogP contribution in [0, 0.1) is 5.92 Å². The molecule has 2 aliphatic rings. The molecule has 0 radical (unpaired) electrons. The molecule has 3 heterocycles. The number of aliphatic hydroxyl groups is 1. The van der Waals surface area contributed by atoms with Gasteiger partial charge in [-0.1, -0.05) is 11.6 Å². The lowest BCUT2D eigenvalue weighted by Gasteiger charge is -2.47. The number of halogens is 1. The van der Waals surface area contributed by atoms with Gasteiger partial charge in [0.1, 0.15) is 6.54 Å². The quantitative estimate of drug-likeness (QED) is 0.846. The standard InChI is InChI=1S/C16H23ClN4O3/c17-13-8-18-20(10-13)11-16(24)19-6-4-14-12(9-19)2-3-15(23)21(14)5-1-7-22/h8,10,12,14,22H,1-7,9,11H2/t12-,14+/m0/s1. The third kappa shape index (κ3) is 3.72. The molecule has 132 valence electrons. The van der Waals surface area contributed by atoms with Gasteiger partial charge in [-0.2, -0.15) is 5.10 Å². The summed E-state index contributed by atoms with van der Waals surface area (Å²) in [6, 6.07) is 0.195. The molecular weight excluding hydrogens is 332 g/mol. The van der Waals surface area contributed by atoms with Gasteiger partial charge in [-0.3, -0.25) is 14.3 Å². The maximum atomic E-state index is 12.5. The number of aliphatic hydroxyl groups excluding tert-OH is 1. The molecular formula is C16H23ClN4O3. The molecule has 7 nitrogen and oxygen atoms in total. The van der Waals surface area contributed by atoms with Crippen molar-refractivity contribution in [1.29, 1.82) is 0 Å². The normalized spacial score (nSPS) is 24.2. The van der Waals surface area contributed by atoms with E-state index in [1.165, 1.54) is 6.20 Å². The number of hydrogen-bond acceptors (Lipinski definition) is 4. The Labute approximate surface area is 146 Å². The van der Waals surface area contributed by atoms with Gasteiger partial charge in [0.15, 0.2) is 0 Å². The first kappa shape index (κ1) is 17.2. The minimum absolute atomic E-state index is 0.0343. The molecule has 2 aliphatic heterocycles. The highest BCUT2D eigenvalue weighted by Crippen LogP contribution is 2.31. The number of rotatable bonds is 5. The second-order valence-electron chi connectivity index (χ2n) is 6.51. The minimum atomic E-state index is 0.0343. The monoisotopic (exact) mass is 354 g/mol. The molecule has 8 heteroatoms. The Kier molecular flexibility index (Phi) is 5.40. The average Bonchev–Trinajstić information content (AvgIpc) is 2.98. The largest absolute Gasteiger partial charge is 0.396 e. The van der Waals surface area contributed by atoms with Crippen LogP contribution in [0.15, 0.2) is 12.4 Å². The Bertz CT molecular complexity index is 606. The van der Waals surface area contributed by atoms with Gasteiger partial charge >= 0.3 is 0 Å². The van der Waals surface area contributed by atoms with E-state index in [1.807, 2.05) is 9.80 Å². The summed E-state index contributed by atoms with van der Waals surface area (Å²) >= 11 is 5.83. The summed E-state index contributed by atoms with van der Waals surface area (Å²) in [7, 11) is 0. The molecule has 1 N–H and O–H groups in total. The molecule has 0 spiro atoms. The number of likely N-dealkylation sites (tertiary alicyclic amines) is 2. The highest BCUT2D eigenvalue weighted by atomic mass is 35.5. The van der Waals surface area contributed by atoms with Gasteiger partial charge in [-0.05, 0) is 25.2 Å². The van der Waals surface area contributed by atoms with E-state index in [1.54, 1.807) is 10.9 Å². The summed E-state index contributed by atoms with van der Waals surface area (Å²) < 4.78 is 1.55. The van der Waals surface area contributed by atoms with Crippen LogP contribution in [0.25, 0.3) is 0 Å². The van der Waals surface area contributed by atoms with Crippen LogP contribution >= 0.6 is 11.6 Å². The topological polar surface area (TPSA) is 78.7 Å². The van der Waals surface area contributed by atoms with Crippen molar-refractivity contribution in [2.75, 3.05) is 26.2 Å². The summed E-state index contributed by atoms with van der Waals surface area (Å²) in [4.78, 5) is 28.4. The Balaban J connectivity index is 1.59. The maximum absolute atomic E-state index is 12.5. The Morgan fingerprint density at radius 2 is 2.25 bits per heavy atom. The fourth-order valence-electron chi connectivity index (χ4n) is 3.77. The van der Waals surface area contributed by atoms with E-state index in [9.17, 15) is 9.59 Å². The minimum Gasteiger partial charge on any atom is -0.396 e. The molecule has 3 rings (SSSR count). The third-order valence-corrected chi connectivity index (χ3v) is 5.15. The molecule has 0 aromatic carbocycles. The van der Waals surface area contributed by atoms with Crippen LogP contribution in [-0.2, 0) is 16.1 Å². The zero-order valence-corrected chi connectivity index (χ0v) is 14.4. The van der Waals surface area contributed by atoms with E-state index in [-0.39, 0.29) is 31.0 Å². The summed E-state index contributed by atoms with van der Waals surface area (Å²) in [6.45, 7) is 2.23. The van der Waals surface area contributed by atoms with Crippen LogP contribution in [0.1, 0.15) is 25.7 Å². The predicted octanol–water partition coefficient (Wildman–Crippen LogP) is 0.758. The molecule has 0 aliphatic carbocycles. The fraction of sp³-hybridized carbons (Fsp3) is 0.688. The van der Waals surface area contributed by atoms with Gasteiger partial charge in [-0.15, -0.1) is 0 Å². The molecule has 24 heavy (non-hydrogen) atoms. The smallest absolute Gasteiger partial charge is 0.244 e. The second kappa shape index (κ2) is 7.53. The SMILES string of the molecule is O=C(Cn1cc(Cl)cn1)N1CC[C@@H]2[C@@H](CCC(=O)N2CCCO)C1. The van der Waals surface area contributed by atoms with Crippen molar-refractivity contribution in [1.82, 2.24) is 19.6 Å². The highest BCUT2D eigenvalue weighted by Gasteiger charge is 2.39. The molecule has 2 amide bonds. The van der Waals surface area contributed by atoms with Gasteiger partial charge in [0.2, 0.25) is 11.8 Å². The molecule has 0 bridgehead atoms. The summed E-state index contributed by atoms with van der Waals surface area (Å²) in [5.74, 6) is 0.531. The lowest BCUT2D eigenvalue weighted by Crippen LogP contribution is -2.57. The van der Waals surface area contributed by atoms with Crippen molar-refractivity contribution in [3.05, 3.63) is 17.4 Å². The molecule has 2 atom stereocenters. The van der Waals surface area contributed by atoms with Crippen LogP contribution < -0.4 is 0 Å². The van der Waals surface area contributed by atoms with E-state index in [2.05, 4.69) is 5.10 Å². The third-order valence-electron chi connectivity index (χ3n) is 4.95. The molecule has 0 saturated carbocycles. The second-order valence-corrected chi connectivity index (χ2v) is 6.95. The van der Waals surface area contributed by atoms with Gasteiger partial charge < -0.3 is 14.9 Å². The van der Waals surface area contributed by atoms with Crippen molar-refractivity contribution in [2.24, 2.45) is 5.92 Å². The van der Waals surface area contributed by atoms with Gasteiger partial charge in [0, 0.05) is 44.9 Å². The van der Waals surface area contributed by atoms with Gasteiger partial charge in [-0.25, -0.2) is 0 Å². The van der Waals surface area contributed by atoms with Crippen LogP contribution in [-0.4, -0.2) is 68.8 Å². The first-order chi connectivity index (χ1) is 11.6. The van der Waals surface area contributed by atoms with Crippen LogP contribution in [0.3, 0.4) is 0 Å². The number of carbonyl (C=O) groups is 2.